The molecule has 3 rings (SSSR count). The smallest absolute Gasteiger partial charge is 0.311 e. The summed E-state index contributed by atoms with van der Waals surface area (Å²) >= 11 is 0. The number of carbonyl (C=O) groups excluding carboxylic acids is 1. The topological polar surface area (TPSA) is 78.9 Å². The van der Waals surface area contributed by atoms with Crippen molar-refractivity contribution in [3.63, 3.8) is 0 Å². The van der Waals surface area contributed by atoms with Gasteiger partial charge in [-0.3, -0.25) is 14.5 Å². The van der Waals surface area contributed by atoms with Crippen molar-refractivity contribution in [2.45, 2.75) is 12.8 Å². The Morgan fingerprint density at radius 1 is 1.36 bits per heavy atom. The quantitative estimate of drug-likeness (QED) is 0.797. The lowest BCUT2D eigenvalue weighted by Gasteiger charge is -2.34. The predicted octanol–water partition coefficient (Wildman–Crippen LogP) is 0.908. The molecule has 2 aliphatic heterocycles. The Balaban J connectivity index is 1.47. The van der Waals surface area contributed by atoms with Crippen molar-refractivity contribution in [1.29, 1.82) is 0 Å². The van der Waals surface area contributed by atoms with Gasteiger partial charge in [0.05, 0.1) is 18.6 Å². The number of amides is 1. The number of ether oxygens (including phenoxy) is 1. The lowest BCUT2D eigenvalue weighted by Crippen LogP contribution is -2.45. The molecular formula is C18H23FN2O4. The maximum absolute atomic E-state index is 12.9. The van der Waals surface area contributed by atoms with Crippen LogP contribution >= 0.6 is 0 Å². The molecule has 2 N–H and O–H groups in total. The van der Waals surface area contributed by atoms with Crippen molar-refractivity contribution < 1.29 is 23.8 Å². The zero-order valence-corrected chi connectivity index (χ0v) is 14.0. The minimum Gasteiger partial charge on any atom is -0.481 e. The van der Waals surface area contributed by atoms with Crippen LogP contribution in [0.5, 0.6) is 0 Å². The molecule has 1 aromatic rings. The molecule has 0 aromatic heterocycles. The number of rotatable bonds is 6. The van der Waals surface area contributed by atoms with Crippen LogP contribution in [0.2, 0.25) is 0 Å². The van der Waals surface area contributed by atoms with Gasteiger partial charge >= 0.3 is 5.97 Å². The van der Waals surface area contributed by atoms with Crippen molar-refractivity contribution in [2.75, 3.05) is 39.4 Å². The molecule has 25 heavy (non-hydrogen) atoms. The zero-order valence-electron chi connectivity index (χ0n) is 14.0. The van der Waals surface area contributed by atoms with Crippen LogP contribution in [0.4, 0.5) is 4.39 Å². The first kappa shape index (κ1) is 17.8. The molecule has 6 nitrogen and oxygen atoms in total. The SMILES string of the molecule is O=C(CN1C[C@@H]2COCC[C@]2(C(=O)O)C1)NCCc1ccc(F)cc1. The summed E-state index contributed by atoms with van der Waals surface area (Å²) < 4.78 is 18.3. The summed E-state index contributed by atoms with van der Waals surface area (Å²) in [5.41, 5.74) is 0.169. The number of benzene rings is 1. The lowest BCUT2D eigenvalue weighted by atomic mass is 9.74. The number of carboxylic acid groups (broad SMARTS) is 1. The molecule has 136 valence electrons. The maximum Gasteiger partial charge on any atom is 0.311 e. The molecule has 1 amide bonds. The van der Waals surface area contributed by atoms with Crippen LogP contribution in [0.3, 0.4) is 0 Å². The second kappa shape index (κ2) is 7.49. The van der Waals surface area contributed by atoms with E-state index in [1.165, 1.54) is 12.1 Å². The predicted molar refractivity (Wildman–Crippen MR) is 88.5 cm³/mol. The van der Waals surface area contributed by atoms with Crippen LogP contribution in [-0.2, 0) is 20.7 Å². The average Bonchev–Trinajstić information content (AvgIpc) is 2.96. The van der Waals surface area contributed by atoms with Crippen molar-refractivity contribution in [2.24, 2.45) is 11.3 Å². The molecule has 0 spiro atoms. The van der Waals surface area contributed by atoms with E-state index in [0.717, 1.165) is 5.56 Å². The summed E-state index contributed by atoms with van der Waals surface area (Å²) in [5, 5.41) is 12.5. The number of fused-ring (bicyclic) bond motifs is 1. The average molecular weight is 350 g/mol. The largest absolute Gasteiger partial charge is 0.481 e. The highest BCUT2D eigenvalue weighted by Gasteiger charge is 2.53. The molecule has 2 heterocycles. The van der Waals surface area contributed by atoms with Crippen LogP contribution in [0.25, 0.3) is 0 Å². The second-order valence-electron chi connectivity index (χ2n) is 6.88. The van der Waals surface area contributed by atoms with Crippen LogP contribution in [0, 0.1) is 17.2 Å². The van der Waals surface area contributed by atoms with Gasteiger partial charge in [-0.05, 0) is 30.5 Å². The van der Waals surface area contributed by atoms with E-state index >= 15 is 0 Å². The van der Waals surface area contributed by atoms with Crippen molar-refractivity contribution >= 4 is 11.9 Å². The van der Waals surface area contributed by atoms with Gasteiger partial charge in [0.2, 0.25) is 5.91 Å². The standard InChI is InChI=1S/C18H23FN2O4/c19-15-3-1-13(2-4-15)5-7-20-16(22)10-21-9-14-11-25-8-6-18(14,12-21)17(23)24/h1-4,14H,5-12H2,(H,20,22)(H,23,24)/t14-,18+/m1/s1. The molecule has 2 aliphatic rings. The van der Waals surface area contributed by atoms with Gasteiger partial charge in [-0.15, -0.1) is 0 Å². The highest BCUT2D eigenvalue weighted by molar-refractivity contribution is 5.79. The highest BCUT2D eigenvalue weighted by Crippen LogP contribution is 2.42. The van der Waals surface area contributed by atoms with E-state index in [-0.39, 0.29) is 24.2 Å². The first-order chi connectivity index (χ1) is 12.0. The summed E-state index contributed by atoms with van der Waals surface area (Å²) in [4.78, 5) is 25.8. The number of aliphatic carboxylic acids is 1. The van der Waals surface area contributed by atoms with Crippen LogP contribution < -0.4 is 5.32 Å². The Bertz CT molecular complexity index is 636. The summed E-state index contributed by atoms with van der Waals surface area (Å²) in [5.74, 6) is -1.26. The van der Waals surface area contributed by atoms with E-state index in [1.54, 1.807) is 12.1 Å². The van der Waals surface area contributed by atoms with E-state index in [0.29, 0.717) is 45.7 Å². The highest BCUT2D eigenvalue weighted by atomic mass is 19.1. The fourth-order valence-corrected chi connectivity index (χ4v) is 3.78. The van der Waals surface area contributed by atoms with Gasteiger partial charge in [0.25, 0.3) is 0 Å². The number of carbonyl (C=O) groups is 2. The summed E-state index contributed by atoms with van der Waals surface area (Å²) in [7, 11) is 0. The fourth-order valence-electron chi connectivity index (χ4n) is 3.78. The van der Waals surface area contributed by atoms with Gasteiger partial charge in [0.15, 0.2) is 0 Å². The number of likely N-dealkylation sites (tertiary alicyclic amines) is 1. The first-order valence-corrected chi connectivity index (χ1v) is 8.54. The number of carboxylic acids is 1. The van der Waals surface area contributed by atoms with Crippen molar-refractivity contribution in [3.05, 3.63) is 35.6 Å². The maximum atomic E-state index is 12.9. The number of nitrogens with one attached hydrogen (secondary N) is 1. The monoisotopic (exact) mass is 350 g/mol. The second-order valence-corrected chi connectivity index (χ2v) is 6.88. The van der Waals surface area contributed by atoms with Gasteiger partial charge in [0.1, 0.15) is 5.82 Å². The normalized spacial score (nSPS) is 26.2. The minimum atomic E-state index is -0.792. The Hall–Kier alpha value is -1.99. The van der Waals surface area contributed by atoms with Gasteiger partial charge in [0, 0.05) is 32.2 Å². The summed E-state index contributed by atoms with van der Waals surface area (Å²) in [6.07, 6.45) is 1.12. The Morgan fingerprint density at radius 2 is 2.12 bits per heavy atom. The molecule has 2 fully saturated rings. The van der Waals surface area contributed by atoms with Gasteiger partial charge in [-0.25, -0.2) is 4.39 Å². The Morgan fingerprint density at radius 3 is 2.80 bits per heavy atom. The molecule has 0 unspecified atom stereocenters. The minimum absolute atomic E-state index is 0.0641. The van der Waals surface area contributed by atoms with Crippen LogP contribution in [0.1, 0.15) is 12.0 Å². The molecule has 0 radical (unpaired) electrons. The van der Waals surface area contributed by atoms with E-state index in [4.69, 9.17) is 4.74 Å². The third-order valence-corrected chi connectivity index (χ3v) is 5.22. The third-order valence-electron chi connectivity index (χ3n) is 5.22. The fraction of sp³-hybridized carbons (Fsp3) is 0.556. The number of hydrogen-bond donors (Lipinski definition) is 2. The Kier molecular flexibility index (Phi) is 5.34. The molecule has 0 aliphatic carbocycles. The zero-order chi connectivity index (χ0) is 17.9. The molecule has 7 heteroatoms. The molecule has 1 aromatic carbocycles. The third kappa shape index (κ3) is 3.99. The molecule has 2 atom stereocenters. The van der Waals surface area contributed by atoms with Gasteiger partial charge < -0.3 is 15.2 Å². The first-order valence-electron chi connectivity index (χ1n) is 8.54. The Labute approximate surface area is 146 Å². The molecule has 2 saturated heterocycles. The van der Waals surface area contributed by atoms with Crippen LogP contribution in [-0.4, -0.2) is 61.3 Å². The number of hydrogen-bond acceptors (Lipinski definition) is 4. The van der Waals surface area contributed by atoms with Gasteiger partial charge in [-0.2, -0.15) is 0 Å². The summed E-state index contributed by atoms with van der Waals surface area (Å²) in [6.45, 7) is 2.51. The van der Waals surface area contributed by atoms with Gasteiger partial charge in [-0.1, -0.05) is 12.1 Å². The van der Waals surface area contributed by atoms with E-state index in [1.807, 2.05) is 4.90 Å². The van der Waals surface area contributed by atoms with E-state index in [2.05, 4.69) is 5.32 Å². The van der Waals surface area contributed by atoms with E-state index in [9.17, 15) is 19.1 Å². The van der Waals surface area contributed by atoms with Crippen LogP contribution in [0.15, 0.2) is 24.3 Å². The number of halogens is 1. The molecule has 0 saturated carbocycles. The van der Waals surface area contributed by atoms with E-state index < -0.39 is 11.4 Å². The lowest BCUT2D eigenvalue weighted by molar-refractivity contribution is -0.157. The van der Waals surface area contributed by atoms with Crippen molar-refractivity contribution in [3.8, 4) is 0 Å². The van der Waals surface area contributed by atoms with Crippen molar-refractivity contribution in [1.82, 2.24) is 10.2 Å². The molecule has 0 bridgehead atoms. The molecular weight excluding hydrogens is 327 g/mol. The summed E-state index contributed by atoms with van der Waals surface area (Å²) in [6, 6.07) is 6.19. The number of nitrogens with zero attached hydrogens (tertiary/aromatic N) is 1.